The van der Waals surface area contributed by atoms with Gasteiger partial charge in [-0.2, -0.15) is 11.8 Å². The maximum absolute atomic E-state index is 12.8. The Morgan fingerprint density at radius 1 is 1.00 bits per heavy atom. The maximum atomic E-state index is 12.8. The molecular weight excluding hydrogens is 426 g/mol. The van der Waals surface area contributed by atoms with Crippen molar-refractivity contribution < 1.29 is 4.79 Å². The quantitative estimate of drug-likeness (QED) is 0.459. The molecule has 3 rings (SSSR count). The first kappa shape index (κ1) is 26.0. The molecule has 0 atom stereocenters. The molecule has 6 heteroatoms. The van der Waals surface area contributed by atoms with Crippen LogP contribution in [0.2, 0.25) is 0 Å². The molecule has 1 aliphatic heterocycles. The molecule has 0 aliphatic carbocycles. The van der Waals surface area contributed by atoms with Crippen molar-refractivity contribution >= 4 is 40.8 Å². The molecule has 172 valence electrons. The minimum absolute atomic E-state index is 0. The lowest BCUT2D eigenvalue weighted by Crippen LogP contribution is -2.41. The molecular formula is C25H38ClN3OS. The smallest absolute Gasteiger partial charge is 0.227 e. The van der Waals surface area contributed by atoms with Gasteiger partial charge in [0.25, 0.3) is 0 Å². The van der Waals surface area contributed by atoms with Crippen molar-refractivity contribution in [1.29, 1.82) is 0 Å². The van der Waals surface area contributed by atoms with Crippen LogP contribution in [0.1, 0.15) is 31.2 Å². The van der Waals surface area contributed by atoms with Gasteiger partial charge in [-0.1, -0.05) is 42.5 Å². The Morgan fingerprint density at radius 2 is 1.71 bits per heavy atom. The fourth-order valence-corrected chi connectivity index (χ4v) is 4.56. The fraction of sp³-hybridized carbons (Fsp3) is 0.560. The number of unbranched alkanes of at least 4 members (excludes halogenated alkanes) is 1. The van der Waals surface area contributed by atoms with Crippen LogP contribution in [0, 0.1) is 5.92 Å². The van der Waals surface area contributed by atoms with Gasteiger partial charge < -0.3 is 15.5 Å². The van der Waals surface area contributed by atoms with Gasteiger partial charge in [0.2, 0.25) is 5.91 Å². The topological polar surface area (TPSA) is 44.4 Å². The summed E-state index contributed by atoms with van der Waals surface area (Å²) in [5, 5.41) is 9.52. The van der Waals surface area contributed by atoms with Crippen LogP contribution in [0.5, 0.6) is 0 Å². The second-order valence-electron chi connectivity index (χ2n) is 8.29. The highest BCUT2D eigenvalue weighted by molar-refractivity contribution is 7.98. The average Bonchev–Trinajstić information content (AvgIpc) is 2.78. The first-order valence-electron chi connectivity index (χ1n) is 11.4. The number of rotatable bonds is 12. The molecule has 2 aromatic carbocycles. The van der Waals surface area contributed by atoms with E-state index in [1.807, 2.05) is 11.8 Å². The predicted octanol–water partition coefficient (Wildman–Crippen LogP) is 4.37. The Hall–Kier alpha value is -1.27. The predicted molar refractivity (Wildman–Crippen MR) is 138 cm³/mol. The van der Waals surface area contributed by atoms with Gasteiger partial charge in [-0.05, 0) is 73.8 Å². The number of thioether (sulfide) groups is 1. The molecule has 0 saturated carbocycles. The Kier molecular flexibility index (Phi) is 12.3. The van der Waals surface area contributed by atoms with E-state index in [-0.39, 0.29) is 18.3 Å². The number of hydrogen-bond acceptors (Lipinski definition) is 4. The van der Waals surface area contributed by atoms with Crippen molar-refractivity contribution in [2.24, 2.45) is 5.92 Å². The van der Waals surface area contributed by atoms with E-state index in [1.165, 1.54) is 29.4 Å². The monoisotopic (exact) mass is 463 g/mol. The maximum Gasteiger partial charge on any atom is 0.227 e. The first-order chi connectivity index (χ1) is 14.8. The molecule has 1 saturated heterocycles. The largest absolute Gasteiger partial charge is 0.342 e. The van der Waals surface area contributed by atoms with Gasteiger partial charge >= 0.3 is 0 Å². The highest BCUT2D eigenvalue weighted by Crippen LogP contribution is 2.21. The van der Waals surface area contributed by atoms with Crippen LogP contribution < -0.4 is 10.6 Å². The van der Waals surface area contributed by atoms with Gasteiger partial charge in [0.05, 0.1) is 6.42 Å². The average molecular weight is 464 g/mol. The number of likely N-dealkylation sites (tertiary alicyclic amines) is 1. The molecule has 1 heterocycles. The van der Waals surface area contributed by atoms with Gasteiger partial charge in [0.1, 0.15) is 0 Å². The molecule has 4 nitrogen and oxygen atoms in total. The number of nitrogens with zero attached hydrogens (tertiary/aromatic N) is 1. The van der Waals surface area contributed by atoms with Crippen molar-refractivity contribution in [2.75, 3.05) is 51.3 Å². The number of piperidine rings is 1. The van der Waals surface area contributed by atoms with Crippen LogP contribution in [0.15, 0.2) is 42.5 Å². The highest BCUT2D eigenvalue weighted by atomic mass is 35.5. The minimum atomic E-state index is 0. The molecule has 2 N–H and O–H groups in total. The zero-order chi connectivity index (χ0) is 21.0. The number of hydrogen-bond donors (Lipinski definition) is 2. The molecule has 0 aromatic heterocycles. The van der Waals surface area contributed by atoms with E-state index in [9.17, 15) is 4.79 Å². The molecule has 1 amide bonds. The normalized spacial score (nSPS) is 14.5. The zero-order valence-electron chi connectivity index (χ0n) is 18.8. The molecule has 31 heavy (non-hydrogen) atoms. The third-order valence-corrected chi connectivity index (χ3v) is 6.67. The van der Waals surface area contributed by atoms with Crippen LogP contribution in [-0.2, 0) is 11.2 Å². The lowest BCUT2D eigenvalue weighted by Gasteiger charge is -2.32. The minimum Gasteiger partial charge on any atom is -0.342 e. The number of halogens is 1. The van der Waals surface area contributed by atoms with Crippen LogP contribution in [-0.4, -0.2) is 62.1 Å². The van der Waals surface area contributed by atoms with E-state index in [2.05, 4.69) is 64.3 Å². The summed E-state index contributed by atoms with van der Waals surface area (Å²) >= 11 is 1.89. The summed E-state index contributed by atoms with van der Waals surface area (Å²) in [5.74, 6) is 2.17. The van der Waals surface area contributed by atoms with Crippen molar-refractivity contribution in [3.8, 4) is 0 Å². The second kappa shape index (κ2) is 14.7. The van der Waals surface area contributed by atoms with Crippen LogP contribution in [0.4, 0.5) is 0 Å². The fourth-order valence-electron chi connectivity index (χ4n) is 4.21. The lowest BCUT2D eigenvalue weighted by molar-refractivity contribution is -0.131. The summed E-state index contributed by atoms with van der Waals surface area (Å²) in [6, 6.07) is 14.6. The van der Waals surface area contributed by atoms with Gasteiger partial charge in [0.15, 0.2) is 0 Å². The Labute approximate surface area is 198 Å². The molecule has 0 bridgehead atoms. The number of amides is 1. The van der Waals surface area contributed by atoms with Crippen molar-refractivity contribution in [2.45, 2.75) is 32.1 Å². The van der Waals surface area contributed by atoms with Gasteiger partial charge in [-0.3, -0.25) is 4.79 Å². The standard InChI is InChI=1S/C25H37N3OS.ClH/c1-30-18-15-26-13-4-5-14-27-20-21-11-16-28(17-12-21)25(29)19-23-9-6-8-22-7-2-3-10-24(22)23;/h2-3,6-10,21,26-27H,4-5,11-20H2,1H3;1H. The molecule has 1 aliphatic rings. The van der Waals surface area contributed by atoms with E-state index < -0.39 is 0 Å². The van der Waals surface area contributed by atoms with Crippen LogP contribution >= 0.6 is 24.2 Å². The molecule has 2 aromatic rings. The van der Waals surface area contributed by atoms with Crippen molar-refractivity contribution in [3.63, 3.8) is 0 Å². The summed E-state index contributed by atoms with van der Waals surface area (Å²) in [7, 11) is 0. The van der Waals surface area contributed by atoms with Gasteiger partial charge in [-0.15, -0.1) is 12.4 Å². The molecule has 0 spiro atoms. The van der Waals surface area contributed by atoms with Crippen molar-refractivity contribution in [1.82, 2.24) is 15.5 Å². The number of nitrogens with one attached hydrogen (secondary N) is 2. The summed E-state index contributed by atoms with van der Waals surface area (Å²) in [6.07, 6.45) is 7.36. The Balaban J connectivity index is 0.00000341. The van der Waals surface area contributed by atoms with Crippen molar-refractivity contribution in [3.05, 3.63) is 48.0 Å². The number of carbonyl (C=O) groups excluding carboxylic acids is 1. The van der Waals surface area contributed by atoms with E-state index in [4.69, 9.17) is 0 Å². The van der Waals surface area contributed by atoms with E-state index in [0.717, 1.165) is 57.7 Å². The Morgan fingerprint density at radius 3 is 2.48 bits per heavy atom. The summed E-state index contributed by atoms with van der Waals surface area (Å²) in [6.45, 7) is 6.23. The zero-order valence-corrected chi connectivity index (χ0v) is 20.4. The van der Waals surface area contributed by atoms with E-state index >= 15 is 0 Å². The van der Waals surface area contributed by atoms with E-state index in [1.54, 1.807) is 0 Å². The number of carbonyl (C=O) groups is 1. The number of benzene rings is 2. The van der Waals surface area contributed by atoms with Gasteiger partial charge in [0, 0.05) is 25.4 Å². The van der Waals surface area contributed by atoms with Crippen LogP contribution in [0.25, 0.3) is 10.8 Å². The van der Waals surface area contributed by atoms with Gasteiger partial charge in [-0.25, -0.2) is 0 Å². The highest BCUT2D eigenvalue weighted by Gasteiger charge is 2.22. The van der Waals surface area contributed by atoms with Crippen LogP contribution in [0.3, 0.4) is 0 Å². The third-order valence-electron chi connectivity index (χ3n) is 6.06. The lowest BCUT2D eigenvalue weighted by atomic mass is 9.95. The molecule has 0 unspecified atom stereocenters. The summed E-state index contributed by atoms with van der Waals surface area (Å²) < 4.78 is 0. The third kappa shape index (κ3) is 8.64. The van der Waals surface area contributed by atoms with E-state index in [0.29, 0.717) is 12.3 Å². The summed E-state index contributed by atoms with van der Waals surface area (Å²) in [4.78, 5) is 14.9. The number of fused-ring (bicyclic) bond motifs is 1. The summed E-state index contributed by atoms with van der Waals surface area (Å²) in [5.41, 5.74) is 1.14. The molecule has 1 fully saturated rings. The SMILES string of the molecule is CSCCNCCCCNCC1CCN(C(=O)Cc2cccc3ccccc23)CC1.Cl. The second-order valence-corrected chi connectivity index (χ2v) is 9.28. The Bertz CT molecular complexity index is 775. The molecule has 0 radical (unpaired) electrons. The first-order valence-corrected chi connectivity index (χ1v) is 12.8.